The summed E-state index contributed by atoms with van der Waals surface area (Å²) in [5.41, 5.74) is 2.26. The fourth-order valence-corrected chi connectivity index (χ4v) is 3.49. The second-order valence-electron chi connectivity index (χ2n) is 6.12. The van der Waals surface area contributed by atoms with Gasteiger partial charge in [-0.05, 0) is 36.2 Å². The van der Waals surface area contributed by atoms with Crippen molar-refractivity contribution >= 4 is 25.6 Å². The fraction of sp³-hybridized carbons (Fsp3) is 0.200. The van der Waals surface area contributed by atoms with Crippen LogP contribution in [0.2, 0.25) is 0 Å². The highest BCUT2D eigenvalue weighted by atomic mass is 35.7. The van der Waals surface area contributed by atoms with E-state index in [1.54, 1.807) is 25.3 Å². The van der Waals surface area contributed by atoms with E-state index in [0.717, 1.165) is 17.7 Å². The van der Waals surface area contributed by atoms with E-state index in [1.807, 2.05) is 24.3 Å². The van der Waals surface area contributed by atoms with Gasteiger partial charge in [0.05, 0.1) is 24.8 Å². The monoisotopic (exact) mass is 433 g/mol. The van der Waals surface area contributed by atoms with E-state index in [2.05, 4.69) is 15.3 Å². The molecule has 0 radical (unpaired) electrons. The third-order valence-electron chi connectivity index (χ3n) is 4.18. The molecule has 0 saturated heterocycles. The van der Waals surface area contributed by atoms with Crippen molar-refractivity contribution in [2.45, 2.75) is 11.3 Å². The maximum Gasteiger partial charge on any atom is 0.318 e. The molecule has 0 aliphatic rings. The van der Waals surface area contributed by atoms with Crippen LogP contribution in [0.3, 0.4) is 0 Å². The summed E-state index contributed by atoms with van der Waals surface area (Å²) < 4.78 is 33.6. The highest BCUT2D eigenvalue weighted by Gasteiger charge is 2.13. The lowest BCUT2D eigenvalue weighted by molar-refractivity contribution is 0.381. The van der Waals surface area contributed by atoms with Crippen LogP contribution in [-0.2, 0) is 15.5 Å². The summed E-state index contributed by atoms with van der Waals surface area (Å²) in [6.45, 7) is 0.641. The van der Waals surface area contributed by atoms with E-state index in [9.17, 15) is 8.42 Å². The Morgan fingerprint density at radius 2 is 1.76 bits per heavy atom. The topological polar surface area (TPSA) is 90.4 Å². The minimum absolute atomic E-state index is 0.00302. The zero-order valence-electron chi connectivity index (χ0n) is 15.9. The molecule has 0 bridgehead atoms. The molecule has 0 unspecified atom stereocenters. The Morgan fingerprint density at radius 1 is 1.00 bits per heavy atom. The number of halogens is 1. The number of rotatable bonds is 8. The quantitative estimate of drug-likeness (QED) is 0.541. The molecule has 9 heteroatoms. The van der Waals surface area contributed by atoms with Crippen molar-refractivity contribution < 1.29 is 17.9 Å². The van der Waals surface area contributed by atoms with Crippen LogP contribution in [0, 0.1) is 0 Å². The lowest BCUT2D eigenvalue weighted by atomic mass is 10.1. The molecule has 0 spiro atoms. The number of ether oxygens (including phenoxy) is 2. The molecule has 1 aromatic heterocycles. The molecule has 1 N–H and O–H groups in total. The largest absolute Gasteiger partial charge is 0.497 e. The van der Waals surface area contributed by atoms with Crippen molar-refractivity contribution in [2.75, 3.05) is 26.1 Å². The number of hydrogen-bond donors (Lipinski definition) is 1. The van der Waals surface area contributed by atoms with Crippen molar-refractivity contribution in [1.29, 1.82) is 0 Å². The maximum atomic E-state index is 11.6. The first-order chi connectivity index (χ1) is 13.9. The summed E-state index contributed by atoms with van der Waals surface area (Å²) >= 11 is 0. The van der Waals surface area contributed by atoms with Gasteiger partial charge in [0.2, 0.25) is 0 Å². The molecule has 0 fully saturated rings. The summed E-state index contributed by atoms with van der Waals surface area (Å²) in [5.74, 6) is 1.38. The Morgan fingerprint density at radius 3 is 2.41 bits per heavy atom. The molecule has 0 atom stereocenters. The van der Waals surface area contributed by atoms with Crippen molar-refractivity contribution in [1.82, 2.24) is 9.97 Å². The van der Waals surface area contributed by atoms with Crippen molar-refractivity contribution in [3.63, 3.8) is 0 Å². The van der Waals surface area contributed by atoms with Gasteiger partial charge in [-0.2, -0.15) is 9.97 Å². The number of nitrogens with zero attached hydrogens (tertiary/aromatic N) is 2. The van der Waals surface area contributed by atoms with Crippen LogP contribution < -0.4 is 14.8 Å². The summed E-state index contributed by atoms with van der Waals surface area (Å²) in [6, 6.07) is 16.0. The standard InChI is InChI=1S/C20H20ClN3O4S/c1-27-16-8-6-14(7-9-16)10-11-22-19-13-18(23-20(24-19)28-2)15-4-3-5-17(12-15)29(21,25)26/h3-9,12-13H,10-11H2,1-2H3,(H,22,23,24). The second kappa shape index (κ2) is 9.11. The SMILES string of the molecule is COc1ccc(CCNc2cc(-c3cccc(S(=O)(=O)Cl)c3)nc(OC)n2)cc1. The summed E-state index contributed by atoms with van der Waals surface area (Å²) in [5, 5.41) is 3.24. The minimum Gasteiger partial charge on any atom is -0.497 e. The van der Waals surface area contributed by atoms with Crippen LogP contribution in [0.1, 0.15) is 5.56 Å². The van der Waals surface area contributed by atoms with Crippen molar-refractivity contribution in [3.8, 4) is 23.0 Å². The first kappa shape index (κ1) is 20.9. The zero-order valence-corrected chi connectivity index (χ0v) is 17.5. The Bertz CT molecular complexity index is 1090. The van der Waals surface area contributed by atoms with Gasteiger partial charge in [0.15, 0.2) is 0 Å². The second-order valence-corrected chi connectivity index (χ2v) is 8.68. The van der Waals surface area contributed by atoms with Crippen molar-refractivity contribution in [3.05, 3.63) is 60.2 Å². The van der Waals surface area contributed by atoms with E-state index < -0.39 is 9.05 Å². The Labute approximate surface area is 174 Å². The molecule has 7 nitrogen and oxygen atoms in total. The van der Waals surface area contributed by atoms with Crippen LogP contribution in [-0.4, -0.2) is 39.2 Å². The molecule has 0 aliphatic heterocycles. The normalized spacial score (nSPS) is 11.1. The Kier molecular flexibility index (Phi) is 6.56. The van der Waals surface area contributed by atoms with Crippen LogP contribution >= 0.6 is 10.7 Å². The lowest BCUT2D eigenvalue weighted by Crippen LogP contribution is -2.08. The highest BCUT2D eigenvalue weighted by molar-refractivity contribution is 8.13. The van der Waals surface area contributed by atoms with E-state index >= 15 is 0 Å². The number of anilines is 1. The Balaban J connectivity index is 1.78. The average molecular weight is 434 g/mol. The van der Waals surface area contributed by atoms with Gasteiger partial charge in [0.25, 0.3) is 9.05 Å². The van der Waals surface area contributed by atoms with Crippen LogP contribution in [0.25, 0.3) is 11.3 Å². The number of aromatic nitrogens is 2. The maximum absolute atomic E-state index is 11.6. The first-order valence-electron chi connectivity index (χ1n) is 8.74. The third-order valence-corrected chi connectivity index (χ3v) is 5.53. The van der Waals surface area contributed by atoms with Gasteiger partial charge in [-0.1, -0.05) is 24.3 Å². The molecular weight excluding hydrogens is 414 g/mol. The summed E-state index contributed by atoms with van der Waals surface area (Å²) in [6.07, 6.45) is 0.783. The number of hydrogen-bond acceptors (Lipinski definition) is 7. The number of benzene rings is 2. The molecule has 3 rings (SSSR count). The molecule has 29 heavy (non-hydrogen) atoms. The third kappa shape index (κ3) is 5.58. The van der Waals surface area contributed by atoms with Gasteiger partial charge in [-0.3, -0.25) is 0 Å². The van der Waals surface area contributed by atoms with Gasteiger partial charge in [-0.25, -0.2) is 8.42 Å². The van der Waals surface area contributed by atoms with Gasteiger partial charge in [0, 0.05) is 28.9 Å². The van der Waals surface area contributed by atoms with E-state index in [-0.39, 0.29) is 10.9 Å². The predicted molar refractivity (Wildman–Crippen MR) is 112 cm³/mol. The molecule has 0 aliphatic carbocycles. The molecular formula is C20H20ClN3O4S. The van der Waals surface area contributed by atoms with E-state index in [0.29, 0.717) is 23.6 Å². The average Bonchev–Trinajstić information content (AvgIpc) is 2.73. The first-order valence-corrected chi connectivity index (χ1v) is 11.0. The molecule has 0 amide bonds. The smallest absolute Gasteiger partial charge is 0.318 e. The van der Waals surface area contributed by atoms with E-state index in [4.69, 9.17) is 20.2 Å². The van der Waals surface area contributed by atoms with Gasteiger partial charge < -0.3 is 14.8 Å². The van der Waals surface area contributed by atoms with Crippen LogP contribution in [0.15, 0.2) is 59.5 Å². The molecule has 3 aromatic rings. The number of methoxy groups -OCH3 is 2. The van der Waals surface area contributed by atoms with Gasteiger partial charge >= 0.3 is 6.01 Å². The summed E-state index contributed by atoms with van der Waals surface area (Å²) in [4.78, 5) is 8.61. The van der Waals surface area contributed by atoms with Crippen molar-refractivity contribution in [2.24, 2.45) is 0 Å². The Hall–Kier alpha value is -2.84. The number of nitrogens with one attached hydrogen (secondary N) is 1. The molecule has 1 heterocycles. The molecule has 2 aromatic carbocycles. The van der Waals surface area contributed by atoms with Gasteiger partial charge in [0.1, 0.15) is 11.6 Å². The predicted octanol–water partition coefficient (Wildman–Crippen LogP) is 3.74. The van der Waals surface area contributed by atoms with Crippen LogP contribution in [0.4, 0.5) is 5.82 Å². The summed E-state index contributed by atoms with van der Waals surface area (Å²) in [7, 11) is 4.72. The highest BCUT2D eigenvalue weighted by Crippen LogP contribution is 2.26. The van der Waals surface area contributed by atoms with Crippen LogP contribution in [0.5, 0.6) is 11.8 Å². The molecule has 0 saturated carbocycles. The zero-order chi connectivity index (χ0) is 20.9. The minimum atomic E-state index is -3.84. The van der Waals surface area contributed by atoms with E-state index in [1.165, 1.54) is 19.2 Å². The van der Waals surface area contributed by atoms with Gasteiger partial charge in [-0.15, -0.1) is 0 Å². The fourth-order valence-electron chi connectivity index (χ4n) is 2.69. The lowest BCUT2D eigenvalue weighted by Gasteiger charge is -2.10. The molecule has 152 valence electrons.